The summed E-state index contributed by atoms with van der Waals surface area (Å²) in [5.41, 5.74) is 5.14. The number of likely N-dealkylation sites (N-methyl/N-ethyl adjacent to an activating group) is 1. The molecule has 0 aliphatic rings. The molecule has 0 aliphatic carbocycles. The van der Waals surface area contributed by atoms with E-state index in [9.17, 15) is 14.4 Å². The van der Waals surface area contributed by atoms with Gasteiger partial charge in [0.05, 0.1) is 5.25 Å². The second kappa shape index (κ2) is 13.2. The van der Waals surface area contributed by atoms with Gasteiger partial charge < -0.3 is 20.9 Å². The Kier molecular flexibility index (Phi) is 12.6. The van der Waals surface area contributed by atoms with E-state index in [0.29, 0.717) is 18.7 Å². The van der Waals surface area contributed by atoms with E-state index in [-0.39, 0.29) is 24.5 Å². The highest BCUT2D eigenvalue weighted by Crippen LogP contribution is 2.19. The van der Waals surface area contributed by atoms with Crippen LogP contribution in [0.5, 0.6) is 0 Å². The van der Waals surface area contributed by atoms with Gasteiger partial charge in [0.2, 0.25) is 11.8 Å². The molecule has 0 rings (SSSR count). The molecule has 0 fully saturated rings. The van der Waals surface area contributed by atoms with Crippen molar-refractivity contribution < 1.29 is 14.4 Å². The van der Waals surface area contributed by atoms with Gasteiger partial charge in [-0.3, -0.25) is 14.4 Å². The second-order valence-corrected chi connectivity index (χ2v) is 7.62. The van der Waals surface area contributed by atoms with Crippen LogP contribution in [0.2, 0.25) is 0 Å². The minimum Gasteiger partial charge on any atom is -0.370 e. The largest absolute Gasteiger partial charge is 0.370 e. The van der Waals surface area contributed by atoms with E-state index in [1.807, 2.05) is 38.0 Å². The lowest BCUT2D eigenvalue weighted by Gasteiger charge is -2.17. The maximum atomic E-state index is 12.4. The Morgan fingerprint density at radius 1 is 1.04 bits per heavy atom. The van der Waals surface area contributed by atoms with Gasteiger partial charge in [0, 0.05) is 38.1 Å². The van der Waals surface area contributed by atoms with Crippen molar-refractivity contribution in [2.24, 2.45) is 5.73 Å². The third kappa shape index (κ3) is 13.3. The molecule has 0 heterocycles. The topological polar surface area (TPSA) is 95.7 Å². The summed E-state index contributed by atoms with van der Waals surface area (Å²) in [4.78, 5) is 39.3. The fourth-order valence-electron chi connectivity index (χ4n) is 1.96. The number of nitrogens with two attached hydrogens (primary N) is 1. The summed E-state index contributed by atoms with van der Waals surface area (Å²) in [5, 5.41) is 2.42. The van der Waals surface area contributed by atoms with Crippen LogP contribution < -0.4 is 11.1 Å². The van der Waals surface area contributed by atoms with Crippen LogP contribution >= 0.6 is 11.8 Å². The molecule has 3 N–H and O–H groups in total. The average Bonchev–Trinajstić information content (AvgIpc) is 2.44. The molecule has 0 aromatic heterocycles. The van der Waals surface area contributed by atoms with Gasteiger partial charge in [0.25, 0.3) is 0 Å². The summed E-state index contributed by atoms with van der Waals surface area (Å²) < 4.78 is 0. The molecule has 0 saturated carbocycles. The molecular weight excluding hydrogens is 328 g/mol. The van der Waals surface area contributed by atoms with E-state index in [0.717, 1.165) is 19.5 Å². The van der Waals surface area contributed by atoms with E-state index < -0.39 is 11.2 Å². The molecule has 1 unspecified atom stereocenters. The zero-order chi connectivity index (χ0) is 18.5. The Balaban J connectivity index is 4.41. The van der Waals surface area contributed by atoms with E-state index in [1.54, 1.807) is 0 Å². The third-order valence-corrected chi connectivity index (χ3v) is 4.58. The number of carbonyl (C=O) groups excluding carboxylic acids is 3. The Morgan fingerprint density at radius 3 is 2.21 bits per heavy atom. The number of Topliss-reactive ketones (excluding diaryl/α,β-unsaturated/α-hetero) is 1. The van der Waals surface area contributed by atoms with Crippen LogP contribution in [0.4, 0.5) is 0 Å². The predicted octanol–water partition coefficient (Wildman–Crippen LogP) is -0.0576. The van der Waals surface area contributed by atoms with Gasteiger partial charge in [-0.05, 0) is 41.2 Å². The molecule has 0 aliphatic heterocycles. The lowest BCUT2D eigenvalue weighted by molar-refractivity contribution is -0.125. The van der Waals surface area contributed by atoms with Crippen molar-refractivity contribution in [3.63, 3.8) is 0 Å². The summed E-state index contributed by atoms with van der Waals surface area (Å²) in [6.07, 6.45) is 1.57. The lowest BCUT2D eigenvalue weighted by atomic mass is 10.1. The van der Waals surface area contributed by atoms with Crippen molar-refractivity contribution in [2.75, 3.05) is 53.6 Å². The molecule has 0 aromatic rings. The van der Waals surface area contributed by atoms with Crippen LogP contribution in [0.15, 0.2) is 0 Å². The Bertz CT molecular complexity index is 403. The summed E-state index contributed by atoms with van der Waals surface area (Å²) in [6, 6.07) is 0. The Hall–Kier alpha value is -1.12. The van der Waals surface area contributed by atoms with Gasteiger partial charge in [0.15, 0.2) is 0 Å². The third-order valence-electron chi connectivity index (χ3n) is 3.31. The molecule has 0 radical (unpaired) electrons. The van der Waals surface area contributed by atoms with Crippen molar-refractivity contribution >= 4 is 29.4 Å². The number of primary amides is 1. The van der Waals surface area contributed by atoms with Crippen LogP contribution in [0.25, 0.3) is 0 Å². The SMILES string of the molecule is CN(C)CCCC(=O)C(CC(=O)NCCN(C)C)SCCC(N)=O. The maximum absolute atomic E-state index is 12.4. The van der Waals surface area contributed by atoms with E-state index >= 15 is 0 Å². The number of rotatable bonds is 14. The molecule has 0 bridgehead atoms. The molecule has 8 heteroatoms. The van der Waals surface area contributed by atoms with E-state index in [1.165, 1.54) is 11.8 Å². The first-order valence-electron chi connectivity index (χ1n) is 8.21. The van der Waals surface area contributed by atoms with Gasteiger partial charge >= 0.3 is 0 Å². The highest BCUT2D eigenvalue weighted by atomic mass is 32.2. The number of ketones is 1. The van der Waals surface area contributed by atoms with Gasteiger partial charge in [-0.15, -0.1) is 11.8 Å². The van der Waals surface area contributed by atoms with E-state index in [4.69, 9.17) is 5.73 Å². The number of nitrogens with one attached hydrogen (secondary N) is 1. The molecule has 2 amide bonds. The lowest BCUT2D eigenvalue weighted by Crippen LogP contribution is -2.34. The van der Waals surface area contributed by atoms with Crippen molar-refractivity contribution in [3.8, 4) is 0 Å². The minimum absolute atomic E-state index is 0.0640. The standard InChI is InChI=1S/C16H32N4O3S/c1-19(2)9-5-6-13(21)14(24-11-7-15(17)22)12-16(23)18-8-10-20(3)4/h14H,5-12H2,1-4H3,(H2,17,22)(H,18,23). The number of hydrogen-bond acceptors (Lipinski definition) is 6. The van der Waals surface area contributed by atoms with Crippen LogP contribution in [-0.4, -0.2) is 86.2 Å². The first kappa shape index (κ1) is 22.9. The zero-order valence-electron chi connectivity index (χ0n) is 15.3. The number of thioether (sulfide) groups is 1. The van der Waals surface area contributed by atoms with E-state index in [2.05, 4.69) is 5.32 Å². The van der Waals surface area contributed by atoms with Crippen molar-refractivity contribution in [2.45, 2.75) is 30.9 Å². The van der Waals surface area contributed by atoms with Gasteiger partial charge in [-0.1, -0.05) is 0 Å². The molecule has 7 nitrogen and oxygen atoms in total. The molecule has 1 atom stereocenters. The van der Waals surface area contributed by atoms with Gasteiger partial charge in [-0.25, -0.2) is 0 Å². The number of nitrogens with zero attached hydrogens (tertiary/aromatic N) is 2. The first-order valence-corrected chi connectivity index (χ1v) is 9.26. The quantitative estimate of drug-likeness (QED) is 0.451. The van der Waals surface area contributed by atoms with Crippen LogP contribution in [0.3, 0.4) is 0 Å². The smallest absolute Gasteiger partial charge is 0.221 e. The predicted molar refractivity (Wildman–Crippen MR) is 99.0 cm³/mol. The molecule has 24 heavy (non-hydrogen) atoms. The Labute approximate surface area is 149 Å². The summed E-state index contributed by atoms with van der Waals surface area (Å²) in [7, 11) is 7.79. The molecule has 0 spiro atoms. The first-order chi connectivity index (χ1) is 11.2. The highest BCUT2D eigenvalue weighted by Gasteiger charge is 2.22. The maximum Gasteiger partial charge on any atom is 0.221 e. The number of carbonyl (C=O) groups is 3. The molecular formula is C16H32N4O3S. The van der Waals surface area contributed by atoms with Crippen molar-refractivity contribution in [1.82, 2.24) is 15.1 Å². The second-order valence-electron chi connectivity index (χ2n) is 6.31. The number of hydrogen-bond donors (Lipinski definition) is 2. The molecule has 0 aromatic carbocycles. The Morgan fingerprint density at radius 2 is 1.67 bits per heavy atom. The fourth-order valence-corrected chi connectivity index (χ4v) is 3.13. The summed E-state index contributed by atoms with van der Waals surface area (Å²) >= 11 is 1.35. The van der Waals surface area contributed by atoms with Crippen molar-refractivity contribution in [1.29, 1.82) is 0 Å². The van der Waals surface area contributed by atoms with Crippen molar-refractivity contribution in [3.05, 3.63) is 0 Å². The summed E-state index contributed by atoms with van der Waals surface area (Å²) in [6.45, 7) is 2.14. The molecule has 0 saturated heterocycles. The number of amides is 2. The average molecular weight is 361 g/mol. The normalized spacial score (nSPS) is 12.4. The van der Waals surface area contributed by atoms with Crippen LogP contribution in [0.1, 0.15) is 25.7 Å². The van der Waals surface area contributed by atoms with Crippen LogP contribution in [0, 0.1) is 0 Å². The van der Waals surface area contributed by atoms with Gasteiger partial charge in [0.1, 0.15) is 5.78 Å². The fraction of sp³-hybridized carbons (Fsp3) is 0.812. The molecule has 140 valence electrons. The highest BCUT2D eigenvalue weighted by molar-refractivity contribution is 8.00. The van der Waals surface area contributed by atoms with Gasteiger partial charge in [-0.2, -0.15) is 0 Å². The summed E-state index contributed by atoms with van der Waals surface area (Å²) in [5.74, 6) is 0.00455. The minimum atomic E-state index is -0.411. The zero-order valence-corrected chi connectivity index (χ0v) is 16.2. The monoisotopic (exact) mass is 360 g/mol. The van der Waals surface area contributed by atoms with Crippen LogP contribution in [-0.2, 0) is 14.4 Å².